The third-order valence-electron chi connectivity index (χ3n) is 3.63. The molecule has 0 radical (unpaired) electrons. The number of hydrogen-bond acceptors (Lipinski definition) is 4. The van der Waals surface area contributed by atoms with Crippen LogP contribution in [0.5, 0.6) is 5.75 Å². The second kappa shape index (κ2) is 8.77. The van der Waals surface area contributed by atoms with Gasteiger partial charge in [0.2, 0.25) is 10.0 Å². The van der Waals surface area contributed by atoms with Gasteiger partial charge in [-0.05, 0) is 44.2 Å². The fourth-order valence-electron chi connectivity index (χ4n) is 2.41. The fourth-order valence-corrected chi connectivity index (χ4v) is 3.94. The quantitative estimate of drug-likeness (QED) is 0.833. The zero-order valence-corrected chi connectivity index (χ0v) is 14.4. The first kappa shape index (κ1) is 20.1. The summed E-state index contributed by atoms with van der Waals surface area (Å²) in [6, 6.07) is 5.72. The van der Waals surface area contributed by atoms with Gasteiger partial charge in [-0.2, -0.15) is 4.31 Å². The fraction of sp³-hybridized carbons (Fsp3) is 0.571. The van der Waals surface area contributed by atoms with Crippen LogP contribution in [0.15, 0.2) is 29.2 Å². The molecule has 1 N–H and O–H groups in total. The van der Waals surface area contributed by atoms with E-state index in [1.54, 1.807) is 0 Å². The van der Waals surface area contributed by atoms with Crippen LogP contribution >= 0.6 is 12.4 Å². The van der Waals surface area contributed by atoms with Gasteiger partial charge in [0.25, 0.3) is 6.43 Å². The van der Waals surface area contributed by atoms with Gasteiger partial charge >= 0.3 is 0 Å². The van der Waals surface area contributed by atoms with Crippen molar-refractivity contribution in [3.8, 4) is 5.75 Å². The molecule has 1 saturated heterocycles. The number of alkyl halides is 2. The molecule has 0 saturated carbocycles. The summed E-state index contributed by atoms with van der Waals surface area (Å²) in [6.45, 7) is 0.217. The second-order valence-electron chi connectivity index (χ2n) is 5.16. The first-order chi connectivity index (χ1) is 10.4. The third kappa shape index (κ3) is 5.27. The van der Waals surface area contributed by atoms with Gasteiger partial charge in [-0.3, -0.25) is 0 Å². The third-order valence-corrected chi connectivity index (χ3v) is 5.51. The molecule has 1 aliphatic heterocycles. The lowest BCUT2D eigenvalue weighted by Crippen LogP contribution is -2.46. The van der Waals surface area contributed by atoms with Gasteiger partial charge < -0.3 is 10.1 Å². The Hall–Kier alpha value is -0.960. The Kier molecular flexibility index (Phi) is 7.66. The number of benzene rings is 1. The molecule has 0 amide bonds. The Labute approximate surface area is 141 Å². The van der Waals surface area contributed by atoms with E-state index in [2.05, 4.69) is 5.32 Å². The van der Waals surface area contributed by atoms with Crippen molar-refractivity contribution in [2.75, 3.05) is 26.7 Å². The maximum atomic E-state index is 12.6. The van der Waals surface area contributed by atoms with Crippen molar-refractivity contribution in [3.05, 3.63) is 24.3 Å². The Morgan fingerprint density at radius 1 is 1.35 bits per heavy atom. The van der Waals surface area contributed by atoms with Crippen LogP contribution in [0.4, 0.5) is 8.78 Å². The number of nitrogens with one attached hydrogen (secondary N) is 1. The molecule has 1 aliphatic rings. The van der Waals surface area contributed by atoms with Crippen molar-refractivity contribution < 1.29 is 21.9 Å². The van der Waals surface area contributed by atoms with E-state index in [9.17, 15) is 17.2 Å². The molecule has 1 aromatic carbocycles. The van der Waals surface area contributed by atoms with Crippen molar-refractivity contribution in [2.24, 2.45) is 0 Å². The van der Waals surface area contributed by atoms with Crippen LogP contribution in [0.3, 0.4) is 0 Å². The van der Waals surface area contributed by atoms with Crippen molar-refractivity contribution >= 4 is 22.4 Å². The molecule has 1 fully saturated rings. The van der Waals surface area contributed by atoms with E-state index in [4.69, 9.17) is 4.74 Å². The van der Waals surface area contributed by atoms with E-state index in [-0.39, 0.29) is 29.1 Å². The highest BCUT2D eigenvalue weighted by Crippen LogP contribution is 2.23. The van der Waals surface area contributed by atoms with Gasteiger partial charge in [0.1, 0.15) is 12.4 Å². The van der Waals surface area contributed by atoms with E-state index in [0.717, 1.165) is 12.8 Å². The van der Waals surface area contributed by atoms with Crippen molar-refractivity contribution in [3.63, 3.8) is 0 Å². The average molecular weight is 371 g/mol. The molecule has 132 valence electrons. The van der Waals surface area contributed by atoms with Crippen LogP contribution in [-0.4, -0.2) is 51.9 Å². The van der Waals surface area contributed by atoms with Crippen LogP contribution in [0.1, 0.15) is 12.8 Å². The van der Waals surface area contributed by atoms with Crippen LogP contribution in [0.2, 0.25) is 0 Å². The van der Waals surface area contributed by atoms with Crippen LogP contribution < -0.4 is 10.1 Å². The molecule has 0 aromatic heterocycles. The summed E-state index contributed by atoms with van der Waals surface area (Å²) in [7, 11) is -1.75. The van der Waals surface area contributed by atoms with Gasteiger partial charge in [-0.25, -0.2) is 17.2 Å². The van der Waals surface area contributed by atoms with Crippen molar-refractivity contribution in [1.29, 1.82) is 0 Å². The summed E-state index contributed by atoms with van der Waals surface area (Å²) >= 11 is 0. The Balaban J connectivity index is 0.00000264. The number of nitrogens with zero attached hydrogens (tertiary/aromatic N) is 1. The molecule has 23 heavy (non-hydrogen) atoms. The summed E-state index contributed by atoms with van der Waals surface area (Å²) in [5.74, 6) is 0.228. The molecule has 0 bridgehead atoms. The molecule has 2 rings (SSSR count). The first-order valence-corrected chi connectivity index (χ1v) is 8.56. The Morgan fingerprint density at radius 2 is 2.00 bits per heavy atom. The highest BCUT2D eigenvalue weighted by Gasteiger charge is 2.29. The molecule has 1 aromatic rings. The predicted molar refractivity (Wildman–Crippen MR) is 86.0 cm³/mol. The molecule has 0 aliphatic carbocycles. The molecular weight excluding hydrogens is 350 g/mol. The number of hydrogen-bond donors (Lipinski definition) is 1. The number of sulfonamides is 1. The minimum atomic E-state index is -3.56. The number of rotatable bonds is 6. The summed E-state index contributed by atoms with van der Waals surface area (Å²) in [5.41, 5.74) is 0. The number of ether oxygens (including phenoxy) is 1. The largest absolute Gasteiger partial charge is 0.488 e. The molecule has 0 spiro atoms. The van der Waals surface area contributed by atoms with Gasteiger partial charge in [0.15, 0.2) is 0 Å². The number of halogens is 3. The van der Waals surface area contributed by atoms with E-state index in [0.29, 0.717) is 13.1 Å². The van der Waals surface area contributed by atoms with Crippen LogP contribution in [0.25, 0.3) is 0 Å². The normalized spacial score (nSPS) is 19.4. The zero-order chi connectivity index (χ0) is 16.2. The molecule has 1 heterocycles. The molecule has 5 nitrogen and oxygen atoms in total. The summed E-state index contributed by atoms with van der Waals surface area (Å²) in [6.07, 6.45) is -0.807. The van der Waals surface area contributed by atoms with Crippen molar-refractivity contribution in [2.45, 2.75) is 30.2 Å². The number of likely N-dealkylation sites (N-methyl/N-ethyl adjacent to an activating group) is 1. The summed E-state index contributed by atoms with van der Waals surface area (Å²) in [5, 5.41) is 3.10. The van der Waals surface area contributed by atoms with E-state index in [1.807, 2.05) is 7.05 Å². The standard InChI is InChI=1S/C14H20F2N2O3S.ClH/c1-17-11-3-2-8-18(9-11)22(19,20)13-6-4-12(5-7-13)21-10-14(15)16;/h4-7,11,14,17H,2-3,8-10H2,1H3;1H. The summed E-state index contributed by atoms with van der Waals surface area (Å²) in [4.78, 5) is 0.147. The van der Waals surface area contributed by atoms with E-state index in [1.165, 1.54) is 28.6 Å². The SMILES string of the molecule is CNC1CCCN(S(=O)(=O)c2ccc(OCC(F)F)cc2)C1.Cl. The lowest BCUT2D eigenvalue weighted by molar-refractivity contribution is 0.0819. The lowest BCUT2D eigenvalue weighted by Gasteiger charge is -2.31. The smallest absolute Gasteiger partial charge is 0.272 e. The lowest BCUT2D eigenvalue weighted by atomic mass is 10.1. The summed E-state index contributed by atoms with van der Waals surface area (Å²) < 4.78 is 55.6. The molecule has 9 heteroatoms. The maximum Gasteiger partial charge on any atom is 0.272 e. The minimum Gasteiger partial charge on any atom is -0.488 e. The Bertz CT molecular complexity index is 584. The van der Waals surface area contributed by atoms with Crippen molar-refractivity contribution in [1.82, 2.24) is 9.62 Å². The zero-order valence-electron chi connectivity index (χ0n) is 12.7. The monoisotopic (exact) mass is 370 g/mol. The Morgan fingerprint density at radius 3 is 2.57 bits per heavy atom. The van der Waals surface area contributed by atoms with E-state index >= 15 is 0 Å². The molecule has 1 unspecified atom stereocenters. The highest BCUT2D eigenvalue weighted by molar-refractivity contribution is 7.89. The predicted octanol–water partition coefficient (Wildman–Crippen LogP) is 2.12. The van der Waals surface area contributed by atoms with Gasteiger partial charge in [0.05, 0.1) is 4.90 Å². The van der Waals surface area contributed by atoms with E-state index < -0.39 is 23.1 Å². The van der Waals surface area contributed by atoms with Crippen LogP contribution in [0, 0.1) is 0 Å². The molecule has 1 atom stereocenters. The maximum absolute atomic E-state index is 12.6. The van der Waals surface area contributed by atoms with Gasteiger partial charge in [-0.1, -0.05) is 0 Å². The topological polar surface area (TPSA) is 58.6 Å². The molecular formula is C14H21ClF2N2O3S. The highest BCUT2D eigenvalue weighted by atomic mass is 35.5. The second-order valence-corrected chi connectivity index (χ2v) is 7.10. The van der Waals surface area contributed by atoms with Crippen LogP contribution in [-0.2, 0) is 10.0 Å². The minimum absolute atomic E-state index is 0. The number of piperidine rings is 1. The van der Waals surface area contributed by atoms with Gasteiger partial charge in [0, 0.05) is 19.1 Å². The van der Waals surface area contributed by atoms with Gasteiger partial charge in [-0.15, -0.1) is 12.4 Å². The first-order valence-electron chi connectivity index (χ1n) is 7.12. The average Bonchev–Trinajstić information content (AvgIpc) is 2.53.